The Kier molecular flexibility index (Phi) is 15.1. The molecule has 0 N–H and O–H groups in total. The molecule has 0 saturated heterocycles. The van der Waals surface area contributed by atoms with Gasteiger partial charge in [-0.2, -0.15) is 22.3 Å². The Balaban J connectivity index is 0.000000485. The van der Waals surface area contributed by atoms with Gasteiger partial charge in [0.25, 0.3) is 0 Å². The van der Waals surface area contributed by atoms with Crippen molar-refractivity contribution in [2.24, 2.45) is 11.8 Å². The van der Waals surface area contributed by atoms with Crippen molar-refractivity contribution >= 4 is 3.21 Å². The van der Waals surface area contributed by atoms with Crippen LogP contribution >= 0.6 is 0 Å². The van der Waals surface area contributed by atoms with Crippen molar-refractivity contribution < 1.29 is 49.0 Å². The summed E-state index contributed by atoms with van der Waals surface area (Å²) in [6, 6.07) is 21.1. The van der Waals surface area contributed by atoms with Crippen molar-refractivity contribution in [2.45, 2.75) is 55.4 Å². The Morgan fingerprint density at radius 2 is 0.882 bits per heavy atom. The van der Waals surface area contributed by atoms with Gasteiger partial charge in [-0.25, -0.2) is 11.1 Å². The fraction of sp³-hybridized carbons (Fsp3) is 0.323. The number of halogens is 2. The second kappa shape index (κ2) is 15.7. The van der Waals surface area contributed by atoms with Crippen LogP contribution in [0.15, 0.2) is 94.1 Å². The standard InChI is InChI=1S/C13H10.2C9H13.2ClH.Zr/c1-3-7-12(8-4-1)11-13-9-5-2-6-10-13;2*1-6-5-7(2)9(4)8(6)3;;;/h1-10H;2*6H,1-4H3;2*1H;/q;2*-1;;;+2/p-2. The maximum absolute atomic E-state index is 3.36. The Labute approximate surface area is 235 Å². The second-order valence-corrected chi connectivity index (χ2v) is 9.93. The van der Waals surface area contributed by atoms with Gasteiger partial charge in [0, 0.05) is 0 Å². The number of hydrogen-bond donors (Lipinski definition) is 0. The van der Waals surface area contributed by atoms with Crippen LogP contribution in [0.5, 0.6) is 0 Å². The monoisotopic (exact) mass is 568 g/mol. The first-order chi connectivity index (χ1) is 15.1. The Hall–Kier alpha value is -1.27. The molecule has 0 nitrogen and oxygen atoms in total. The zero-order valence-corrected chi connectivity index (χ0v) is 25.7. The van der Waals surface area contributed by atoms with Crippen LogP contribution in [-0.2, 0) is 24.2 Å². The van der Waals surface area contributed by atoms with Gasteiger partial charge in [-0.05, 0) is 0 Å². The number of benzene rings is 2. The average molecular weight is 571 g/mol. The molecule has 2 atom stereocenters. The molecular formula is C31H36Cl2Zr-2. The molecular weight excluding hydrogens is 534 g/mol. The van der Waals surface area contributed by atoms with Gasteiger partial charge in [0.15, 0.2) is 0 Å². The van der Waals surface area contributed by atoms with E-state index in [1.165, 1.54) is 72.0 Å². The zero-order valence-electron chi connectivity index (χ0n) is 21.7. The van der Waals surface area contributed by atoms with Crippen LogP contribution in [0.2, 0.25) is 0 Å². The molecule has 0 fully saturated rings. The molecule has 2 aliphatic rings. The topological polar surface area (TPSA) is 0 Å². The van der Waals surface area contributed by atoms with E-state index in [0.29, 0.717) is 11.8 Å². The first kappa shape index (κ1) is 32.7. The predicted octanol–water partition coefficient (Wildman–Crippen LogP) is 2.25. The van der Waals surface area contributed by atoms with E-state index in [4.69, 9.17) is 0 Å². The van der Waals surface area contributed by atoms with Crippen molar-refractivity contribution in [1.82, 2.24) is 0 Å². The molecule has 2 aromatic carbocycles. The Bertz CT molecular complexity index is 972. The molecule has 0 spiro atoms. The molecule has 0 amide bonds. The first-order valence-corrected chi connectivity index (χ1v) is 12.6. The zero-order chi connectivity index (χ0) is 23.8. The average Bonchev–Trinajstić information content (AvgIpc) is 3.17. The van der Waals surface area contributed by atoms with Gasteiger partial charge in [-0.3, -0.25) is 12.2 Å². The summed E-state index contributed by atoms with van der Waals surface area (Å²) in [4.78, 5) is 0. The van der Waals surface area contributed by atoms with Crippen molar-refractivity contribution in [3.8, 4) is 0 Å². The van der Waals surface area contributed by atoms with Gasteiger partial charge in [0.2, 0.25) is 0 Å². The fourth-order valence-electron chi connectivity index (χ4n) is 3.70. The summed E-state index contributed by atoms with van der Waals surface area (Å²) in [5, 5.41) is 0. The molecule has 0 aliphatic heterocycles. The van der Waals surface area contributed by atoms with E-state index in [-0.39, 0.29) is 24.8 Å². The maximum atomic E-state index is 3.36. The molecule has 4 rings (SSSR count). The van der Waals surface area contributed by atoms with Crippen molar-refractivity contribution in [1.29, 1.82) is 0 Å². The summed E-state index contributed by atoms with van der Waals surface area (Å²) in [7, 11) is 0. The molecule has 180 valence electrons. The van der Waals surface area contributed by atoms with Crippen LogP contribution in [-0.4, -0.2) is 3.21 Å². The van der Waals surface area contributed by atoms with E-state index < -0.39 is 0 Å². The summed E-state index contributed by atoms with van der Waals surface area (Å²) in [5.41, 5.74) is 11.2. The molecule has 0 bridgehead atoms. The summed E-state index contributed by atoms with van der Waals surface area (Å²) in [5.74, 6) is 1.12. The van der Waals surface area contributed by atoms with E-state index in [0.717, 1.165) is 0 Å². The van der Waals surface area contributed by atoms with Crippen LogP contribution in [0.4, 0.5) is 0 Å². The quantitative estimate of drug-likeness (QED) is 0.487. The van der Waals surface area contributed by atoms with Gasteiger partial charge in [0.1, 0.15) is 0 Å². The van der Waals surface area contributed by atoms with E-state index in [2.05, 4.69) is 128 Å². The van der Waals surface area contributed by atoms with Crippen LogP contribution in [0.1, 0.15) is 66.5 Å². The molecule has 0 saturated carbocycles. The van der Waals surface area contributed by atoms with E-state index in [1.807, 2.05) is 0 Å². The fourth-order valence-corrected chi connectivity index (χ4v) is 4.52. The van der Waals surface area contributed by atoms with Crippen LogP contribution in [0, 0.1) is 24.0 Å². The van der Waals surface area contributed by atoms with E-state index in [9.17, 15) is 0 Å². The second-order valence-electron chi connectivity index (χ2n) is 8.71. The molecule has 2 aliphatic carbocycles. The molecule has 2 unspecified atom stereocenters. The molecule has 3 heteroatoms. The molecule has 0 heterocycles. The minimum atomic E-state index is 0. The molecule has 2 aromatic rings. The number of rotatable bonds is 2. The van der Waals surface area contributed by atoms with Crippen molar-refractivity contribution in [3.05, 3.63) is 117 Å². The van der Waals surface area contributed by atoms with E-state index >= 15 is 0 Å². The summed E-state index contributed by atoms with van der Waals surface area (Å²) >= 11 is 1.46. The van der Waals surface area contributed by atoms with Crippen LogP contribution in [0.3, 0.4) is 0 Å². The van der Waals surface area contributed by atoms with Crippen LogP contribution in [0.25, 0.3) is 0 Å². The number of hydrogen-bond acceptors (Lipinski definition) is 0. The Morgan fingerprint density at radius 3 is 1.06 bits per heavy atom. The van der Waals surface area contributed by atoms with Crippen LogP contribution < -0.4 is 24.8 Å². The molecule has 0 radical (unpaired) electrons. The summed E-state index contributed by atoms with van der Waals surface area (Å²) in [6.07, 6.45) is 6.72. The number of allylic oxidation sites excluding steroid dienone is 8. The molecule has 34 heavy (non-hydrogen) atoms. The van der Waals surface area contributed by atoms with Crippen molar-refractivity contribution in [2.75, 3.05) is 0 Å². The third-order valence-electron chi connectivity index (χ3n) is 6.60. The normalized spacial score (nSPS) is 18.4. The van der Waals surface area contributed by atoms with Gasteiger partial charge >= 0.3 is 99.2 Å². The summed E-state index contributed by atoms with van der Waals surface area (Å²) in [6.45, 7) is 17.3. The first-order valence-electron chi connectivity index (χ1n) is 11.4. The van der Waals surface area contributed by atoms with Crippen molar-refractivity contribution in [3.63, 3.8) is 0 Å². The van der Waals surface area contributed by atoms with Gasteiger partial charge in [0.05, 0.1) is 0 Å². The van der Waals surface area contributed by atoms with Gasteiger partial charge in [-0.1, -0.05) is 53.4 Å². The molecule has 0 aromatic heterocycles. The van der Waals surface area contributed by atoms with Gasteiger partial charge in [-0.15, -0.1) is 13.8 Å². The minimum absolute atomic E-state index is 0. The van der Waals surface area contributed by atoms with Gasteiger partial charge < -0.3 is 24.8 Å². The predicted molar refractivity (Wildman–Crippen MR) is 136 cm³/mol. The SMILES string of the molecule is CC1=[C-]C(C)C(C)=C1C.CC1=[C-]C(C)C(C)=C1C.[Cl-].[Cl-].[Zr+2]=[C](c1ccccc1)c1ccccc1. The summed E-state index contributed by atoms with van der Waals surface area (Å²) < 4.78 is 1.42. The van der Waals surface area contributed by atoms with E-state index in [1.54, 1.807) is 0 Å². The third-order valence-corrected chi connectivity index (χ3v) is 8.02. The third kappa shape index (κ3) is 9.07. The Morgan fingerprint density at radius 1 is 0.588 bits per heavy atom.